The molecule has 1 heterocycles. The van der Waals surface area contributed by atoms with Gasteiger partial charge in [-0.3, -0.25) is 4.68 Å². The third kappa shape index (κ3) is 0.939. The third-order valence-electron chi connectivity index (χ3n) is 2.00. The minimum atomic E-state index is 1.07. The molecule has 2 heteroatoms. The predicted octanol–water partition coefficient (Wildman–Crippen LogP) is 1.60. The van der Waals surface area contributed by atoms with Gasteiger partial charge in [-0.05, 0) is 25.8 Å². The Morgan fingerprint density at radius 1 is 1.40 bits per heavy atom. The predicted molar refractivity (Wildman–Crippen MR) is 42.1 cm³/mol. The van der Waals surface area contributed by atoms with Crippen LogP contribution in [0.1, 0.15) is 23.9 Å². The van der Waals surface area contributed by atoms with Crippen molar-refractivity contribution >= 4 is 0 Å². The Balaban J connectivity index is 3.20. The van der Waals surface area contributed by atoms with Gasteiger partial charge in [-0.25, -0.2) is 0 Å². The van der Waals surface area contributed by atoms with Crippen molar-refractivity contribution < 1.29 is 0 Å². The van der Waals surface area contributed by atoms with E-state index in [2.05, 4.69) is 25.9 Å². The van der Waals surface area contributed by atoms with E-state index in [-0.39, 0.29) is 0 Å². The summed E-state index contributed by atoms with van der Waals surface area (Å²) in [6, 6.07) is 0. The van der Waals surface area contributed by atoms with Crippen molar-refractivity contribution in [2.75, 3.05) is 0 Å². The van der Waals surface area contributed by atoms with Crippen LogP contribution in [0.25, 0.3) is 0 Å². The van der Waals surface area contributed by atoms with Crippen LogP contribution >= 0.6 is 0 Å². The van der Waals surface area contributed by atoms with Gasteiger partial charge in [0, 0.05) is 12.7 Å². The summed E-state index contributed by atoms with van der Waals surface area (Å²) < 4.78 is 1.96. The van der Waals surface area contributed by atoms with Crippen LogP contribution in [0.3, 0.4) is 0 Å². The molecule has 0 bridgehead atoms. The molecular formula is C8H14N2. The molecule has 0 fully saturated rings. The lowest BCUT2D eigenvalue weighted by molar-refractivity contribution is 0.710. The number of rotatable bonds is 1. The SMILES string of the molecule is CCc1c(C)c(C)nn1C. The summed E-state index contributed by atoms with van der Waals surface area (Å²) in [5, 5.41) is 4.30. The molecule has 1 rings (SSSR count). The normalized spacial score (nSPS) is 10.4. The molecule has 0 saturated carbocycles. The smallest absolute Gasteiger partial charge is 0.0625 e. The Kier molecular flexibility index (Phi) is 1.79. The number of aryl methyl sites for hydroxylation is 2. The second-order valence-electron chi connectivity index (χ2n) is 2.63. The number of nitrogens with zero attached hydrogens (tertiary/aromatic N) is 2. The number of hydrogen-bond acceptors (Lipinski definition) is 1. The first-order valence-electron chi connectivity index (χ1n) is 3.66. The van der Waals surface area contributed by atoms with Crippen LogP contribution in [0.4, 0.5) is 0 Å². The highest BCUT2D eigenvalue weighted by Crippen LogP contribution is 2.10. The van der Waals surface area contributed by atoms with Gasteiger partial charge in [0.15, 0.2) is 0 Å². The third-order valence-corrected chi connectivity index (χ3v) is 2.00. The zero-order valence-electron chi connectivity index (χ0n) is 7.10. The summed E-state index contributed by atoms with van der Waals surface area (Å²) in [5.74, 6) is 0. The Morgan fingerprint density at radius 2 is 2.00 bits per heavy atom. The van der Waals surface area contributed by atoms with Gasteiger partial charge in [-0.15, -0.1) is 0 Å². The highest BCUT2D eigenvalue weighted by molar-refractivity contribution is 5.23. The molecule has 0 N–H and O–H groups in total. The van der Waals surface area contributed by atoms with Crippen LogP contribution in [-0.4, -0.2) is 9.78 Å². The Bertz CT molecular complexity index is 236. The average molecular weight is 138 g/mol. The number of aromatic nitrogens is 2. The van der Waals surface area contributed by atoms with E-state index in [1.807, 2.05) is 11.7 Å². The fourth-order valence-corrected chi connectivity index (χ4v) is 1.31. The molecule has 1 aromatic rings. The fourth-order valence-electron chi connectivity index (χ4n) is 1.31. The molecule has 0 saturated heterocycles. The molecule has 0 spiro atoms. The minimum absolute atomic E-state index is 1.07. The van der Waals surface area contributed by atoms with Gasteiger partial charge in [-0.2, -0.15) is 5.10 Å². The van der Waals surface area contributed by atoms with E-state index in [4.69, 9.17) is 0 Å². The van der Waals surface area contributed by atoms with Crippen LogP contribution < -0.4 is 0 Å². The molecule has 0 aliphatic heterocycles. The maximum atomic E-state index is 4.30. The molecule has 0 aliphatic rings. The van der Waals surface area contributed by atoms with Crippen molar-refractivity contribution in [2.45, 2.75) is 27.2 Å². The van der Waals surface area contributed by atoms with Crippen molar-refractivity contribution in [2.24, 2.45) is 7.05 Å². The zero-order chi connectivity index (χ0) is 7.72. The average Bonchev–Trinajstić information content (AvgIpc) is 2.09. The highest BCUT2D eigenvalue weighted by Gasteiger charge is 2.04. The molecule has 0 amide bonds. The lowest BCUT2D eigenvalue weighted by atomic mass is 10.2. The lowest BCUT2D eigenvalue weighted by Gasteiger charge is -1.96. The largest absolute Gasteiger partial charge is 0.272 e. The lowest BCUT2D eigenvalue weighted by Crippen LogP contribution is -1.96. The van der Waals surface area contributed by atoms with Crippen molar-refractivity contribution in [3.8, 4) is 0 Å². The zero-order valence-corrected chi connectivity index (χ0v) is 7.10. The van der Waals surface area contributed by atoms with Crippen LogP contribution in [-0.2, 0) is 13.5 Å². The Labute approximate surface area is 61.9 Å². The van der Waals surface area contributed by atoms with Gasteiger partial charge in [-0.1, -0.05) is 6.92 Å². The fraction of sp³-hybridized carbons (Fsp3) is 0.625. The van der Waals surface area contributed by atoms with E-state index >= 15 is 0 Å². The molecule has 0 aliphatic carbocycles. The van der Waals surface area contributed by atoms with E-state index in [1.165, 1.54) is 11.3 Å². The van der Waals surface area contributed by atoms with E-state index in [1.54, 1.807) is 0 Å². The van der Waals surface area contributed by atoms with E-state index in [0.717, 1.165) is 12.1 Å². The van der Waals surface area contributed by atoms with Crippen molar-refractivity contribution in [3.05, 3.63) is 17.0 Å². The summed E-state index contributed by atoms with van der Waals surface area (Å²) in [7, 11) is 2.00. The topological polar surface area (TPSA) is 17.8 Å². The standard InChI is InChI=1S/C8H14N2/c1-5-8-6(2)7(3)9-10(8)4/h5H2,1-4H3. The van der Waals surface area contributed by atoms with E-state index in [9.17, 15) is 0 Å². The van der Waals surface area contributed by atoms with Crippen molar-refractivity contribution in [1.82, 2.24) is 9.78 Å². The first kappa shape index (κ1) is 7.32. The van der Waals surface area contributed by atoms with Crippen molar-refractivity contribution in [1.29, 1.82) is 0 Å². The van der Waals surface area contributed by atoms with Gasteiger partial charge >= 0.3 is 0 Å². The molecule has 0 aromatic carbocycles. The quantitative estimate of drug-likeness (QED) is 0.576. The van der Waals surface area contributed by atoms with Gasteiger partial charge in [0.05, 0.1) is 5.69 Å². The molecule has 2 nitrogen and oxygen atoms in total. The Hall–Kier alpha value is -0.790. The summed E-state index contributed by atoms with van der Waals surface area (Å²) in [6.07, 6.45) is 1.07. The molecule has 1 aromatic heterocycles. The minimum Gasteiger partial charge on any atom is -0.272 e. The summed E-state index contributed by atoms with van der Waals surface area (Å²) >= 11 is 0. The van der Waals surface area contributed by atoms with Gasteiger partial charge in [0.25, 0.3) is 0 Å². The number of hydrogen-bond donors (Lipinski definition) is 0. The summed E-state index contributed by atoms with van der Waals surface area (Å²) in [4.78, 5) is 0. The second-order valence-corrected chi connectivity index (χ2v) is 2.63. The van der Waals surface area contributed by atoms with Gasteiger partial charge < -0.3 is 0 Å². The second kappa shape index (κ2) is 2.45. The Morgan fingerprint density at radius 3 is 2.20 bits per heavy atom. The molecule has 56 valence electrons. The van der Waals surface area contributed by atoms with Crippen LogP contribution in [0.2, 0.25) is 0 Å². The molecule has 0 unspecified atom stereocenters. The van der Waals surface area contributed by atoms with Crippen LogP contribution in [0.15, 0.2) is 0 Å². The van der Waals surface area contributed by atoms with Crippen LogP contribution in [0, 0.1) is 13.8 Å². The van der Waals surface area contributed by atoms with E-state index in [0.29, 0.717) is 0 Å². The van der Waals surface area contributed by atoms with Crippen LogP contribution in [0.5, 0.6) is 0 Å². The van der Waals surface area contributed by atoms with Crippen molar-refractivity contribution in [3.63, 3.8) is 0 Å². The molecule has 10 heavy (non-hydrogen) atoms. The van der Waals surface area contributed by atoms with Gasteiger partial charge in [0.2, 0.25) is 0 Å². The summed E-state index contributed by atoms with van der Waals surface area (Å²) in [5.41, 5.74) is 3.84. The van der Waals surface area contributed by atoms with Gasteiger partial charge in [0.1, 0.15) is 0 Å². The van der Waals surface area contributed by atoms with E-state index < -0.39 is 0 Å². The monoisotopic (exact) mass is 138 g/mol. The summed E-state index contributed by atoms with van der Waals surface area (Å²) in [6.45, 7) is 6.33. The maximum Gasteiger partial charge on any atom is 0.0625 e. The molecule has 0 radical (unpaired) electrons. The molecular weight excluding hydrogens is 124 g/mol. The first-order valence-corrected chi connectivity index (χ1v) is 3.66. The maximum absolute atomic E-state index is 4.30. The first-order chi connectivity index (χ1) is 4.66. The highest BCUT2D eigenvalue weighted by atomic mass is 15.3. The molecule has 0 atom stereocenters.